The van der Waals surface area contributed by atoms with Crippen LogP contribution in [0.25, 0.3) is 0 Å². The maximum Gasteiger partial charge on any atom is 0.231 e. The molecule has 0 N–H and O–H groups in total. The summed E-state index contributed by atoms with van der Waals surface area (Å²) < 4.78 is 6.19. The molecule has 1 aliphatic heterocycles. The first-order valence-electron chi connectivity index (χ1n) is 5.30. The normalized spacial score (nSPS) is 14.4. The minimum atomic E-state index is 0.202. The van der Waals surface area contributed by atoms with Crippen LogP contribution in [0.15, 0.2) is 18.2 Å². The molecular formula is C12H14INO2. The number of anilines is 1. The van der Waals surface area contributed by atoms with Crippen LogP contribution in [0.2, 0.25) is 0 Å². The molecule has 2 rings (SSSR count). The van der Waals surface area contributed by atoms with Crippen molar-refractivity contribution in [1.82, 2.24) is 0 Å². The topological polar surface area (TPSA) is 29.5 Å². The van der Waals surface area contributed by atoms with Crippen LogP contribution in [0, 0.1) is 3.57 Å². The Morgan fingerprint density at radius 2 is 2.31 bits per heavy atom. The van der Waals surface area contributed by atoms with E-state index in [1.165, 1.54) is 3.57 Å². The van der Waals surface area contributed by atoms with E-state index in [0.717, 1.165) is 24.2 Å². The lowest BCUT2D eigenvalue weighted by molar-refractivity contribution is -0.117. The number of amides is 1. The molecule has 0 fully saturated rings. The maximum absolute atomic E-state index is 11.8. The average molecular weight is 331 g/mol. The second kappa shape index (κ2) is 5.14. The molecule has 0 atom stereocenters. The molecule has 1 heterocycles. The molecule has 0 aromatic heterocycles. The van der Waals surface area contributed by atoms with Crippen molar-refractivity contribution >= 4 is 34.2 Å². The third-order valence-electron chi connectivity index (χ3n) is 2.71. The van der Waals surface area contributed by atoms with Gasteiger partial charge < -0.3 is 9.64 Å². The lowest BCUT2D eigenvalue weighted by Gasteiger charge is -2.17. The largest absolute Gasteiger partial charge is 0.385 e. The van der Waals surface area contributed by atoms with Crippen molar-refractivity contribution < 1.29 is 9.53 Å². The predicted octanol–water partition coefficient (Wildman–Crippen LogP) is 2.22. The summed E-state index contributed by atoms with van der Waals surface area (Å²) in [6.07, 6.45) is 1.42. The van der Waals surface area contributed by atoms with E-state index in [1.807, 2.05) is 17.0 Å². The van der Waals surface area contributed by atoms with Gasteiger partial charge in [0.15, 0.2) is 0 Å². The molecule has 0 spiro atoms. The minimum absolute atomic E-state index is 0.202. The van der Waals surface area contributed by atoms with E-state index in [4.69, 9.17) is 4.74 Å². The highest BCUT2D eigenvalue weighted by atomic mass is 127. The number of methoxy groups -OCH3 is 1. The molecule has 3 nitrogen and oxygen atoms in total. The maximum atomic E-state index is 11.8. The number of rotatable bonds is 4. The molecule has 0 bridgehead atoms. The molecule has 0 unspecified atom stereocenters. The first-order chi connectivity index (χ1) is 7.72. The Balaban J connectivity index is 2.13. The summed E-state index contributed by atoms with van der Waals surface area (Å²) >= 11 is 2.27. The number of carbonyl (C=O) groups excluding carboxylic acids is 1. The van der Waals surface area contributed by atoms with Crippen LogP contribution in [-0.2, 0) is 16.0 Å². The van der Waals surface area contributed by atoms with Crippen LogP contribution < -0.4 is 4.90 Å². The first-order valence-corrected chi connectivity index (χ1v) is 6.38. The number of nitrogens with zero attached hydrogens (tertiary/aromatic N) is 1. The fraction of sp³-hybridized carbons (Fsp3) is 0.417. The Labute approximate surface area is 109 Å². The van der Waals surface area contributed by atoms with Gasteiger partial charge in [0.2, 0.25) is 5.91 Å². The molecule has 1 aliphatic rings. The van der Waals surface area contributed by atoms with Crippen LogP contribution >= 0.6 is 22.6 Å². The summed E-state index contributed by atoms with van der Waals surface area (Å²) in [5.74, 6) is 0.202. The number of fused-ring (bicyclic) bond motifs is 1. The molecule has 1 aromatic carbocycles. The Morgan fingerprint density at radius 3 is 3.06 bits per heavy atom. The SMILES string of the molecule is COCCCN1C(=O)Cc2cc(I)ccc21. The lowest BCUT2D eigenvalue weighted by atomic mass is 10.2. The van der Waals surface area contributed by atoms with Crippen LogP contribution in [0.1, 0.15) is 12.0 Å². The van der Waals surface area contributed by atoms with E-state index in [-0.39, 0.29) is 5.91 Å². The standard InChI is InChI=1S/C12H14INO2/c1-16-6-2-5-14-11-4-3-10(13)7-9(11)8-12(14)15/h3-4,7H,2,5-6,8H2,1H3. The minimum Gasteiger partial charge on any atom is -0.385 e. The van der Waals surface area contributed by atoms with E-state index in [9.17, 15) is 4.79 Å². The summed E-state index contributed by atoms with van der Waals surface area (Å²) in [6.45, 7) is 1.45. The fourth-order valence-corrected chi connectivity index (χ4v) is 2.52. The van der Waals surface area contributed by atoms with Gasteiger partial charge in [-0.2, -0.15) is 0 Å². The predicted molar refractivity (Wildman–Crippen MR) is 71.7 cm³/mol. The van der Waals surface area contributed by atoms with Crippen molar-refractivity contribution in [2.75, 3.05) is 25.2 Å². The van der Waals surface area contributed by atoms with E-state index in [2.05, 4.69) is 28.7 Å². The third kappa shape index (κ3) is 2.38. The molecule has 0 radical (unpaired) electrons. The van der Waals surface area contributed by atoms with E-state index in [0.29, 0.717) is 13.0 Å². The van der Waals surface area contributed by atoms with Gasteiger partial charge in [0.1, 0.15) is 0 Å². The molecule has 1 amide bonds. The summed E-state index contributed by atoms with van der Waals surface area (Å²) in [5, 5.41) is 0. The van der Waals surface area contributed by atoms with Crippen molar-refractivity contribution in [3.05, 3.63) is 27.3 Å². The van der Waals surface area contributed by atoms with Gasteiger partial charge in [-0.3, -0.25) is 4.79 Å². The van der Waals surface area contributed by atoms with Crippen molar-refractivity contribution in [2.45, 2.75) is 12.8 Å². The van der Waals surface area contributed by atoms with Gasteiger partial charge in [-0.1, -0.05) is 0 Å². The second-order valence-corrected chi connectivity index (χ2v) is 5.09. The van der Waals surface area contributed by atoms with Crippen LogP contribution in [0.4, 0.5) is 5.69 Å². The average Bonchev–Trinajstić information content (AvgIpc) is 2.55. The van der Waals surface area contributed by atoms with Crippen molar-refractivity contribution in [2.24, 2.45) is 0 Å². The summed E-state index contributed by atoms with van der Waals surface area (Å²) in [4.78, 5) is 13.7. The Kier molecular flexibility index (Phi) is 3.81. The van der Waals surface area contributed by atoms with Gasteiger partial charge >= 0.3 is 0 Å². The number of halogens is 1. The summed E-state index contributed by atoms with van der Waals surface area (Å²) in [5.41, 5.74) is 2.22. The highest BCUT2D eigenvalue weighted by Crippen LogP contribution is 2.30. The lowest BCUT2D eigenvalue weighted by Crippen LogP contribution is -2.28. The smallest absolute Gasteiger partial charge is 0.231 e. The number of hydrogen-bond acceptors (Lipinski definition) is 2. The van der Waals surface area contributed by atoms with Gasteiger partial charge in [-0.15, -0.1) is 0 Å². The van der Waals surface area contributed by atoms with Gasteiger partial charge in [0, 0.05) is 29.5 Å². The second-order valence-electron chi connectivity index (χ2n) is 3.84. The molecular weight excluding hydrogens is 317 g/mol. The van der Waals surface area contributed by atoms with Crippen LogP contribution in [0.3, 0.4) is 0 Å². The van der Waals surface area contributed by atoms with Crippen LogP contribution in [-0.4, -0.2) is 26.2 Å². The number of benzene rings is 1. The van der Waals surface area contributed by atoms with E-state index >= 15 is 0 Å². The van der Waals surface area contributed by atoms with Crippen LogP contribution in [0.5, 0.6) is 0 Å². The molecule has 0 aliphatic carbocycles. The van der Waals surface area contributed by atoms with Gasteiger partial charge in [-0.25, -0.2) is 0 Å². The van der Waals surface area contributed by atoms with Gasteiger partial charge in [-0.05, 0) is 52.8 Å². The highest BCUT2D eigenvalue weighted by molar-refractivity contribution is 14.1. The monoisotopic (exact) mass is 331 g/mol. The Morgan fingerprint density at radius 1 is 1.50 bits per heavy atom. The van der Waals surface area contributed by atoms with E-state index in [1.54, 1.807) is 7.11 Å². The fourth-order valence-electron chi connectivity index (χ4n) is 1.96. The van der Waals surface area contributed by atoms with Gasteiger partial charge in [0.05, 0.1) is 6.42 Å². The van der Waals surface area contributed by atoms with Crippen molar-refractivity contribution in [3.63, 3.8) is 0 Å². The molecule has 16 heavy (non-hydrogen) atoms. The molecule has 0 saturated heterocycles. The first kappa shape index (κ1) is 11.9. The zero-order valence-corrected chi connectivity index (χ0v) is 11.4. The van der Waals surface area contributed by atoms with Gasteiger partial charge in [0.25, 0.3) is 0 Å². The molecule has 0 saturated carbocycles. The van der Waals surface area contributed by atoms with Crippen molar-refractivity contribution in [1.29, 1.82) is 0 Å². The quantitative estimate of drug-likeness (QED) is 0.625. The Bertz CT molecular complexity index is 406. The number of ether oxygens (including phenoxy) is 1. The van der Waals surface area contributed by atoms with Crippen molar-refractivity contribution in [3.8, 4) is 0 Å². The molecule has 1 aromatic rings. The number of carbonyl (C=O) groups is 1. The highest BCUT2D eigenvalue weighted by Gasteiger charge is 2.26. The zero-order valence-electron chi connectivity index (χ0n) is 9.20. The summed E-state index contributed by atoms with van der Waals surface area (Å²) in [6, 6.07) is 6.17. The number of hydrogen-bond donors (Lipinski definition) is 0. The Hall–Kier alpha value is -0.620. The summed E-state index contributed by atoms with van der Waals surface area (Å²) in [7, 11) is 1.68. The molecule has 4 heteroatoms. The zero-order chi connectivity index (χ0) is 11.5. The molecule has 86 valence electrons. The third-order valence-corrected chi connectivity index (χ3v) is 3.38. The van der Waals surface area contributed by atoms with E-state index < -0.39 is 0 Å².